The summed E-state index contributed by atoms with van der Waals surface area (Å²) in [6.07, 6.45) is 0. The van der Waals surface area contributed by atoms with Gasteiger partial charge in [-0.25, -0.2) is 0 Å². The Balaban J connectivity index is 4.60. The Hall–Kier alpha value is -6.97. The number of hydrogen-bond acceptors (Lipinski definition) is 15. The maximum Gasteiger partial charge on any atom is 0.245 e. The summed E-state index contributed by atoms with van der Waals surface area (Å²) >= 11 is 0. The lowest BCUT2D eigenvalue weighted by molar-refractivity contribution is -0.133. The van der Waals surface area contributed by atoms with Crippen LogP contribution in [0.5, 0.6) is 0 Å². The molecule has 0 aromatic carbocycles. The Kier molecular flexibility index (Phi) is 24.4. The summed E-state index contributed by atoms with van der Waals surface area (Å²) in [6, 6.07) is -7.62. The molecular formula is C32H53N13O15. The van der Waals surface area contributed by atoms with Gasteiger partial charge in [0.1, 0.15) is 36.3 Å². The van der Waals surface area contributed by atoms with Gasteiger partial charge in [-0.2, -0.15) is 0 Å². The number of carbonyl (C=O) groups excluding carboxylic acids is 13. The molecule has 0 fully saturated rings. The Bertz CT molecular complexity index is 1630. The molecule has 0 aliphatic carbocycles. The van der Waals surface area contributed by atoms with Crippen molar-refractivity contribution < 1.29 is 72.5 Å². The third-order valence-electron chi connectivity index (χ3n) is 7.40. The van der Waals surface area contributed by atoms with Gasteiger partial charge in [0.25, 0.3) is 0 Å². The number of carbonyl (C=O) groups is 13. The quantitative estimate of drug-likeness (QED) is 0.0384. The average molecular weight is 860 g/mol. The molecule has 28 heteroatoms. The number of primary amides is 1. The predicted molar refractivity (Wildman–Crippen MR) is 201 cm³/mol. The van der Waals surface area contributed by atoms with Crippen LogP contribution in [0.2, 0.25) is 0 Å². The number of nitrogens with one attached hydrogen (secondary N) is 12. The van der Waals surface area contributed by atoms with Crippen LogP contribution in [0.1, 0.15) is 34.6 Å². The number of aliphatic hydroxyl groups excluding tert-OH is 2. The zero-order chi connectivity index (χ0) is 46.1. The third kappa shape index (κ3) is 22.7. The smallest absolute Gasteiger partial charge is 0.245 e. The van der Waals surface area contributed by atoms with Gasteiger partial charge in [0, 0.05) is 6.92 Å². The van der Waals surface area contributed by atoms with Gasteiger partial charge in [-0.15, -0.1) is 0 Å². The summed E-state index contributed by atoms with van der Waals surface area (Å²) in [5, 5.41) is 45.3. The van der Waals surface area contributed by atoms with Gasteiger partial charge in [-0.05, 0) is 27.7 Å². The van der Waals surface area contributed by atoms with Crippen LogP contribution < -0.4 is 69.5 Å². The second-order valence-electron chi connectivity index (χ2n) is 12.7. The van der Waals surface area contributed by atoms with Gasteiger partial charge < -0.3 is 79.7 Å². The highest BCUT2D eigenvalue weighted by Gasteiger charge is 2.25. The van der Waals surface area contributed by atoms with Crippen LogP contribution in [0.25, 0.3) is 0 Å². The van der Waals surface area contributed by atoms with E-state index < -0.39 is 166 Å². The van der Waals surface area contributed by atoms with Gasteiger partial charge in [-0.1, -0.05) is 0 Å². The fraction of sp³-hybridized carbons (Fsp3) is 0.594. The fourth-order valence-electron chi connectivity index (χ4n) is 4.06. The van der Waals surface area contributed by atoms with E-state index in [0.717, 1.165) is 0 Å². The monoisotopic (exact) mass is 859 g/mol. The van der Waals surface area contributed by atoms with E-state index in [9.17, 15) is 72.5 Å². The molecule has 0 saturated carbocycles. The first kappa shape index (κ1) is 53.0. The van der Waals surface area contributed by atoms with Crippen LogP contribution >= 0.6 is 0 Å². The Morgan fingerprint density at radius 1 is 0.383 bits per heavy atom. The van der Waals surface area contributed by atoms with Crippen molar-refractivity contribution in [2.75, 3.05) is 52.5 Å². The van der Waals surface area contributed by atoms with Crippen molar-refractivity contribution in [1.29, 1.82) is 0 Å². The number of aliphatic hydroxyl groups is 2. The Morgan fingerprint density at radius 3 is 0.867 bits per heavy atom. The first-order valence-electron chi connectivity index (χ1n) is 17.9. The van der Waals surface area contributed by atoms with Gasteiger partial charge in [0.2, 0.25) is 76.8 Å². The molecule has 0 heterocycles. The normalized spacial score (nSPS) is 13.3. The molecule has 0 unspecified atom stereocenters. The lowest BCUT2D eigenvalue weighted by Gasteiger charge is -2.19. The van der Waals surface area contributed by atoms with Crippen LogP contribution in [-0.4, -0.2) is 176 Å². The van der Waals surface area contributed by atoms with E-state index in [1.807, 2.05) is 0 Å². The maximum absolute atomic E-state index is 12.4. The van der Waals surface area contributed by atoms with E-state index in [2.05, 4.69) is 63.8 Å². The van der Waals surface area contributed by atoms with E-state index in [1.165, 1.54) is 34.6 Å². The molecule has 0 aliphatic rings. The lowest BCUT2D eigenvalue weighted by atomic mass is 10.2. The van der Waals surface area contributed by atoms with Crippen LogP contribution in [0.15, 0.2) is 0 Å². The number of amides is 13. The molecule has 0 spiro atoms. The highest BCUT2D eigenvalue weighted by molar-refractivity contribution is 5.97. The molecule has 336 valence electrons. The standard InChI is InChI=1S/C32H53N13O15/c1-14(27(33)55)40-21(49)7-35-28(56)15(2)42-24(52)10-39-32(60)20(13-47)45-26(54)11-37-30(58)17(4)41-22(50)8-36-29(57)16(3)43-23(51)9-38-31(59)19(12-46)44-25(53)6-34-18(5)48/h14-17,19-20,46-47H,6-13H2,1-5H3,(H2,33,55)(H,34,48)(H,35,56)(H,36,57)(H,37,58)(H,38,59)(H,39,60)(H,40,49)(H,41,50)(H,42,52)(H,43,51)(H,44,53)(H,45,54)/t14-,15-,16-,17-,19-,20-/m0/s1. The van der Waals surface area contributed by atoms with E-state index in [1.54, 1.807) is 0 Å². The SMILES string of the molecule is CC(=O)NCC(=O)N[C@@H](CO)C(=O)NCC(=O)N[C@@H](C)C(=O)NCC(=O)N[C@@H](C)C(=O)NCC(=O)N[C@@H](CO)C(=O)NCC(=O)N[C@@H](C)C(=O)NCC(=O)N[C@@H](C)C(N)=O. The molecule has 0 aromatic heterocycles. The number of hydrogen-bond donors (Lipinski definition) is 15. The molecule has 0 rings (SSSR count). The molecule has 13 amide bonds. The van der Waals surface area contributed by atoms with Crippen molar-refractivity contribution in [2.45, 2.75) is 70.9 Å². The van der Waals surface area contributed by atoms with Crippen molar-refractivity contribution in [3.05, 3.63) is 0 Å². The molecule has 16 N–H and O–H groups in total. The fourth-order valence-corrected chi connectivity index (χ4v) is 4.06. The summed E-state index contributed by atoms with van der Waals surface area (Å²) in [6.45, 7) is 0.806. The van der Waals surface area contributed by atoms with Crippen LogP contribution in [0.3, 0.4) is 0 Å². The summed E-state index contributed by atoms with van der Waals surface area (Å²) < 4.78 is 0. The topological polar surface area (TPSA) is 433 Å². The minimum Gasteiger partial charge on any atom is -0.394 e. The summed E-state index contributed by atoms with van der Waals surface area (Å²) in [5.74, 6) is -10.8. The third-order valence-corrected chi connectivity index (χ3v) is 7.40. The first-order chi connectivity index (χ1) is 28.0. The molecule has 28 nitrogen and oxygen atoms in total. The molecule has 60 heavy (non-hydrogen) atoms. The van der Waals surface area contributed by atoms with E-state index >= 15 is 0 Å². The van der Waals surface area contributed by atoms with E-state index in [-0.39, 0.29) is 0 Å². The molecule has 6 atom stereocenters. The van der Waals surface area contributed by atoms with Gasteiger partial charge in [-0.3, -0.25) is 62.3 Å². The average Bonchev–Trinajstić information content (AvgIpc) is 3.18. The number of nitrogens with two attached hydrogens (primary N) is 1. The minimum atomic E-state index is -1.57. The summed E-state index contributed by atoms with van der Waals surface area (Å²) in [5.41, 5.74) is 5.03. The Morgan fingerprint density at radius 2 is 0.617 bits per heavy atom. The van der Waals surface area contributed by atoms with Crippen molar-refractivity contribution in [2.24, 2.45) is 5.73 Å². The van der Waals surface area contributed by atoms with Crippen molar-refractivity contribution in [3.8, 4) is 0 Å². The molecule has 0 radical (unpaired) electrons. The van der Waals surface area contributed by atoms with E-state index in [0.29, 0.717) is 0 Å². The van der Waals surface area contributed by atoms with Crippen molar-refractivity contribution in [1.82, 2.24) is 63.8 Å². The van der Waals surface area contributed by atoms with Gasteiger partial charge >= 0.3 is 0 Å². The second kappa shape index (κ2) is 27.6. The first-order valence-corrected chi connectivity index (χ1v) is 17.9. The molecule has 0 saturated heterocycles. The maximum atomic E-state index is 12.4. The van der Waals surface area contributed by atoms with E-state index in [4.69, 9.17) is 5.73 Å². The summed E-state index contributed by atoms with van der Waals surface area (Å²) in [7, 11) is 0. The highest BCUT2D eigenvalue weighted by Crippen LogP contribution is 1.90. The zero-order valence-corrected chi connectivity index (χ0v) is 33.4. The van der Waals surface area contributed by atoms with Crippen molar-refractivity contribution >= 4 is 76.8 Å². The predicted octanol–water partition coefficient (Wildman–Crippen LogP) is -10.8. The molecule has 0 aliphatic heterocycles. The Labute approximate surface area is 342 Å². The van der Waals surface area contributed by atoms with Crippen molar-refractivity contribution in [3.63, 3.8) is 0 Å². The molecule has 0 bridgehead atoms. The van der Waals surface area contributed by atoms with Crippen LogP contribution in [0, 0.1) is 0 Å². The largest absolute Gasteiger partial charge is 0.394 e. The molecular weight excluding hydrogens is 806 g/mol. The highest BCUT2D eigenvalue weighted by atomic mass is 16.3. The lowest BCUT2D eigenvalue weighted by Crippen LogP contribution is -2.55. The van der Waals surface area contributed by atoms with Crippen LogP contribution in [0.4, 0.5) is 0 Å². The zero-order valence-electron chi connectivity index (χ0n) is 33.4. The molecule has 0 aromatic rings. The van der Waals surface area contributed by atoms with Gasteiger partial charge in [0.15, 0.2) is 0 Å². The van der Waals surface area contributed by atoms with Crippen LogP contribution in [-0.2, 0) is 62.3 Å². The summed E-state index contributed by atoms with van der Waals surface area (Å²) in [4.78, 5) is 156. The van der Waals surface area contributed by atoms with Gasteiger partial charge in [0.05, 0.1) is 52.5 Å². The second-order valence-corrected chi connectivity index (χ2v) is 12.7. The number of rotatable bonds is 26. The minimum absolute atomic E-state index is 0.456.